The van der Waals surface area contributed by atoms with E-state index in [1.165, 1.54) is 12.0 Å². The molecule has 0 N–H and O–H groups in total. The van der Waals surface area contributed by atoms with E-state index >= 15 is 0 Å². The maximum atomic E-state index is 2.24. The van der Waals surface area contributed by atoms with E-state index in [-0.39, 0.29) is 0 Å². The summed E-state index contributed by atoms with van der Waals surface area (Å²) in [5, 5.41) is 0. The standard InChI is InChI=1S/C10H14/c1-3-10-7-5-4-6-9(2)8-10/h3-7,9H,8H2,1-2H3/b10-3+. The van der Waals surface area contributed by atoms with Gasteiger partial charge in [-0.2, -0.15) is 0 Å². The topological polar surface area (TPSA) is 0 Å². The molecule has 0 saturated heterocycles. The molecule has 0 bridgehead atoms. The lowest BCUT2D eigenvalue weighted by Crippen LogP contribution is -1.88. The first-order valence-electron chi connectivity index (χ1n) is 3.83. The van der Waals surface area contributed by atoms with Crippen LogP contribution >= 0.6 is 0 Å². The molecule has 0 saturated carbocycles. The Labute approximate surface area is 62.9 Å². The van der Waals surface area contributed by atoms with E-state index in [0.717, 1.165) is 0 Å². The maximum absolute atomic E-state index is 2.24. The van der Waals surface area contributed by atoms with Crippen molar-refractivity contribution in [2.45, 2.75) is 20.3 Å². The summed E-state index contributed by atoms with van der Waals surface area (Å²) in [6.07, 6.45) is 12.0. The number of hydrogen-bond acceptors (Lipinski definition) is 0. The number of hydrogen-bond donors (Lipinski definition) is 0. The molecule has 0 aromatic rings. The monoisotopic (exact) mass is 134 g/mol. The van der Waals surface area contributed by atoms with Gasteiger partial charge >= 0.3 is 0 Å². The lowest BCUT2D eigenvalue weighted by Gasteiger charge is -2.03. The van der Waals surface area contributed by atoms with Gasteiger partial charge in [0.05, 0.1) is 0 Å². The highest BCUT2D eigenvalue weighted by Gasteiger charge is 2.00. The predicted octanol–water partition coefficient (Wildman–Crippen LogP) is 3.08. The van der Waals surface area contributed by atoms with Crippen molar-refractivity contribution in [1.29, 1.82) is 0 Å². The molecule has 0 aliphatic heterocycles. The van der Waals surface area contributed by atoms with Crippen molar-refractivity contribution >= 4 is 0 Å². The number of allylic oxidation sites excluding steroid dienone is 6. The highest BCUT2D eigenvalue weighted by molar-refractivity contribution is 5.25. The van der Waals surface area contributed by atoms with Crippen molar-refractivity contribution in [1.82, 2.24) is 0 Å². The van der Waals surface area contributed by atoms with Crippen molar-refractivity contribution in [3.63, 3.8) is 0 Å². The Morgan fingerprint density at radius 1 is 1.50 bits per heavy atom. The van der Waals surface area contributed by atoms with Gasteiger partial charge in [0, 0.05) is 0 Å². The molecular formula is C10H14. The molecule has 54 valence electrons. The fourth-order valence-corrected chi connectivity index (χ4v) is 1.15. The Kier molecular flexibility index (Phi) is 2.49. The molecule has 1 atom stereocenters. The molecule has 1 rings (SSSR count). The van der Waals surface area contributed by atoms with E-state index in [2.05, 4.69) is 44.2 Å². The van der Waals surface area contributed by atoms with Gasteiger partial charge in [0.1, 0.15) is 0 Å². The van der Waals surface area contributed by atoms with Gasteiger partial charge in [-0.1, -0.05) is 42.9 Å². The van der Waals surface area contributed by atoms with Crippen LogP contribution < -0.4 is 0 Å². The summed E-state index contributed by atoms with van der Waals surface area (Å²) in [5.74, 6) is 0.696. The molecule has 0 radical (unpaired) electrons. The zero-order chi connectivity index (χ0) is 7.40. The Hall–Kier alpha value is -0.780. The Balaban J connectivity index is 2.69. The maximum Gasteiger partial charge on any atom is -0.0218 e. The fraction of sp³-hybridized carbons (Fsp3) is 0.400. The van der Waals surface area contributed by atoms with Crippen LogP contribution in [0.2, 0.25) is 0 Å². The first-order valence-corrected chi connectivity index (χ1v) is 3.83. The first kappa shape index (κ1) is 7.33. The average Bonchev–Trinajstić information content (AvgIpc) is 2.13. The highest BCUT2D eigenvalue weighted by Crippen LogP contribution is 2.16. The van der Waals surface area contributed by atoms with Crippen LogP contribution in [0, 0.1) is 5.92 Å². The molecule has 0 spiro atoms. The van der Waals surface area contributed by atoms with Crippen molar-refractivity contribution < 1.29 is 0 Å². The molecule has 1 aliphatic rings. The fourth-order valence-electron chi connectivity index (χ4n) is 1.15. The first-order chi connectivity index (χ1) is 4.83. The normalized spacial score (nSPS) is 29.0. The van der Waals surface area contributed by atoms with E-state index in [4.69, 9.17) is 0 Å². The zero-order valence-corrected chi connectivity index (χ0v) is 6.67. The third kappa shape index (κ3) is 1.87. The van der Waals surface area contributed by atoms with Crippen LogP contribution in [0.15, 0.2) is 36.0 Å². The summed E-state index contributed by atoms with van der Waals surface area (Å²) in [6.45, 7) is 4.34. The van der Waals surface area contributed by atoms with E-state index < -0.39 is 0 Å². The Morgan fingerprint density at radius 3 is 3.00 bits per heavy atom. The molecule has 0 heterocycles. The minimum Gasteiger partial charge on any atom is -0.0844 e. The summed E-state index contributed by atoms with van der Waals surface area (Å²) in [7, 11) is 0. The Morgan fingerprint density at radius 2 is 2.30 bits per heavy atom. The Bertz CT molecular complexity index is 182. The van der Waals surface area contributed by atoms with Gasteiger partial charge in [-0.3, -0.25) is 0 Å². The predicted molar refractivity (Wildman–Crippen MR) is 45.8 cm³/mol. The second-order valence-electron chi connectivity index (χ2n) is 2.79. The van der Waals surface area contributed by atoms with Gasteiger partial charge in [0.2, 0.25) is 0 Å². The van der Waals surface area contributed by atoms with Crippen molar-refractivity contribution in [3.05, 3.63) is 36.0 Å². The van der Waals surface area contributed by atoms with Crippen LogP contribution in [0.25, 0.3) is 0 Å². The highest BCUT2D eigenvalue weighted by atomic mass is 14.1. The molecule has 0 fully saturated rings. The van der Waals surface area contributed by atoms with Gasteiger partial charge in [0.15, 0.2) is 0 Å². The van der Waals surface area contributed by atoms with Crippen LogP contribution in [-0.2, 0) is 0 Å². The van der Waals surface area contributed by atoms with E-state index in [1.54, 1.807) is 0 Å². The molecule has 1 aliphatic carbocycles. The number of rotatable bonds is 0. The molecule has 1 unspecified atom stereocenters. The van der Waals surface area contributed by atoms with Gasteiger partial charge < -0.3 is 0 Å². The van der Waals surface area contributed by atoms with Gasteiger partial charge in [0.25, 0.3) is 0 Å². The van der Waals surface area contributed by atoms with Gasteiger partial charge in [-0.15, -0.1) is 0 Å². The molecular weight excluding hydrogens is 120 g/mol. The zero-order valence-electron chi connectivity index (χ0n) is 6.67. The second kappa shape index (κ2) is 3.40. The van der Waals surface area contributed by atoms with E-state index in [9.17, 15) is 0 Å². The lowest BCUT2D eigenvalue weighted by molar-refractivity contribution is 0.729. The van der Waals surface area contributed by atoms with E-state index in [0.29, 0.717) is 5.92 Å². The minimum atomic E-state index is 0.696. The molecule has 0 amide bonds. The smallest absolute Gasteiger partial charge is 0.0218 e. The SMILES string of the molecule is C/C=C1\C=CC=CC(C)C1. The average molecular weight is 134 g/mol. The van der Waals surface area contributed by atoms with Crippen molar-refractivity contribution in [2.75, 3.05) is 0 Å². The minimum absolute atomic E-state index is 0.696. The summed E-state index contributed by atoms with van der Waals surface area (Å²) < 4.78 is 0. The second-order valence-corrected chi connectivity index (χ2v) is 2.79. The largest absolute Gasteiger partial charge is 0.0844 e. The van der Waals surface area contributed by atoms with Gasteiger partial charge in [-0.25, -0.2) is 0 Å². The van der Waals surface area contributed by atoms with E-state index in [1.807, 2.05) is 0 Å². The summed E-state index contributed by atoms with van der Waals surface area (Å²) >= 11 is 0. The molecule has 0 aromatic carbocycles. The summed E-state index contributed by atoms with van der Waals surface area (Å²) in [5.41, 5.74) is 1.44. The summed E-state index contributed by atoms with van der Waals surface area (Å²) in [4.78, 5) is 0. The van der Waals surface area contributed by atoms with Crippen LogP contribution in [0.1, 0.15) is 20.3 Å². The van der Waals surface area contributed by atoms with Crippen LogP contribution in [-0.4, -0.2) is 0 Å². The van der Waals surface area contributed by atoms with Crippen molar-refractivity contribution in [3.8, 4) is 0 Å². The third-order valence-corrected chi connectivity index (χ3v) is 1.79. The van der Waals surface area contributed by atoms with Gasteiger partial charge in [-0.05, 0) is 19.3 Å². The van der Waals surface area contributed by atoms with Crippen LogP contribution in [0.3, 0.4) is 0 Å². The molecule has 0 nitrogen and oxygen atoms in total. The molecule has 0 aromatic heterocycles. The van der Waals surface area contributed by atoms with Crippen LogP contribution in [0.5, 0.6) is 0 Å². The lowest BCUT2D eigenvalue weighted by atomic mass is 10.0. The molecule has 10 heavy (non-hydrogen) atoms. The quantitative estimate of drug-likeness (QED) is 0.477. The third-order valence-electron chi connectivity index (χ3n) is 1.79. The summed E-state index contributed by atoms with van der Waals surface area (Å²) in [6, 6.07) is 0. The van der Waals surface area contributed by atoms with Crippen LogP contribution in [0.4, 0.5) is 0 Å². The van der Waals surface area contributed by atoms with Crippen molar-refractivity contribution in [2.24, 2.45) is 5.92 Å². The molecule has 0 heteroatoms.